The van der Waals surface area contributed by atoms with Gasteiger partial charge in [-0.2, -0.15) is 0 Å². The van der Waals surface area contributed by atoms with E-state index in [9.17, 15) is 13.2 Å². The molecule has 0 radical (unpaired) electrons. The molecule has 2 saturated heterocycles. The lowest BCUT2D eigenvalue weighted by molar-refractivity contribution is -0.122. The molecule has 0 spiro atoms. The molecule has 0 aliphatic carbocycles. The lowest BCUT2D eigenvalue weighted by atomic mass is 9.99. The molecular formula is C23H29N5O4S. The molecule has 1 aromatic carbocycles. The SMILES string of the molecule is CC1CCN(Cc2nnc(-c3cn(CC(=O)NC4CCS(=O)(=O)C4)c4ccccc34)o2)CC1. The fourth-order valence-electron chi connectivity index (χ4n) is 4.72. The zero-order valence-corrected chi connectivity index (χ0v) is 19.6. The number of likely N-dealkylation sites (tertiary alicyclic amines) is 1. The van der Waals surface area contributed by atoms with Crippen molar-refractivity contribution in [2.75, 3.05) is 24.6 Å². The van der Waals surface area contributed by atoms with E-state index in [-0.39, 0.29) is 30.0 Å². The Morgan fingerprint density at radius 2 is 1.97 bits per heavy atom. The summed E-state index contributed by atoms with van der Waals surface area (Å²) in [4.78, 5) is 15.0. The molecule has 0 bridgehead atoms. The van der Waals surface area contributed by atoms with E-state index >= 15 is 0 Å². The van der Waals surface area contributed by atoms with Crippen molar-refractivity contribution in [3.63, 3.8) is 0 Å². The zero-order valence-electron chi connectivity index (χ0n) is 18.7. The largest absolute Gasteiger partial charge is 0.419 e. The number of hydrogen-bond donors (Lipinski definition) is 1. The van der Waals surface area contributed by atoms with Crippen LogP contribution in [0.15, 0.2) is 34.9 Å². The van der Waals surface area contributed by atoms with Crippen molar-refractivity contribution < 1.29 is 17.6 Å². The van der Waals surface area contributed by atoms with Gasteiger partial charge >= 0.3 is 0 Å². The van der Waals surface area contributed by atoms with E-state index in [1.165, 1.54) is 12.8 Å². The number of sulfone groups is 1. The third kappa shape index (κ3) is 4.96. The Balaban J connectivity index is 1.33. The van der Waals surface area contributed by atoms with E-state index in [2.05, 4.69) is 27.3 Å². The van der Waals surface area contributed by atoms with Gasteiger partial charge in [-0.1, -0.05) is 25.1 Å². The molecule has 4 heterocycles. The Hall–Kier alpha value is -2.72. The molecule has 1 N–H and O–H groups in total. The summed E-state index contributed by atoms with van der Waals surface area (Å²) in [5.74, 6) is 1.72. The predicted molar refractivity (Wildman–Crippen MR) is 124 cm³/mol. The Bertz CT molecular complexity index is 1260. The van der Waals surface area contributed by atoms with Crippen LogP contribution in [0, 0.1) is 5.92 Å². The second-order valence-electron chi connectivity index (χ2n) is 9.31. The van der Waals surface area contributed by atoms with Gasteiger partial charge in [0, 0.05) is 23.1 Å². The smallest absolute Gasteiger partial charge is 0.249 e. The van der Waals surface area contributed by atoms with Gasteiger partial charge in [-0.25, -0.2) is 8.42 Å². The highest BCUT2D eigenvalue weighted by Crippen LogP contribution is 2.30. The van der Waals surface area contributed by atoms with E-state index in [0.29, 0.717) is 24.7 Å². The number of rotatable bonds is 6. The molecule has 2 fully saturated rings. The fraction of sp³-hybridized carbons (Fsp3) is 0.522. The minimum absolute atomic E-state index is 0.0110. The molecule has 176 valence electrons. The summed E-state index contributed by atoms with van der Waals surface area (Å²) in [5, 5.41) is 12.3. The van der Waals surface area contributed by atoms with Gasteiger partial charge in [-0.05, 0) is 44.3 Å². The average molecular weight is 472 g/mol. The van der Waals surface area contributed by atoms with Gasteiger partial charge in [0.25, 0.3) is 0 Å². The predicted octanol–water partition coefficient (Wildman–Crippen LogP) is 2.23. The van der Waals surface area contributed by atoms with Gasteiger partial charge in [0.15, 0.2) is 9.84 Å². The van der Waals surface area contributed by atoms with Crippen molar-refractivity contribution >= 4 is 26.6 Å². The quantitative estimate of drug-likeness (QED) is 0.587. The molecule has 5 rings (SSSR count). The van der Waals surface area contributed by atoms with E-state index in [0.717, 1.165) is 35.5 Å². The highest BCUT2D eigenvalue weighted by atomic mass is 32.2. The normalized spacial score (nSPS) is 21.5. The van der Waals surface area contributed by atoms with Crippen LogP contribution in [0.5, 0.6) is 0 Å². The van der Waals surface area contributed by atoms with E-state index < -0.39 is 9.84 Å². The van der Waals surface area contributed by atoms with Crippen molar-refractivity contribution in [2.24, 2.45) is 5.92 Å². The number of amides is 1. The zero-order chi connectivity index (χ0) is 23.0. The minimum atomic E-state index is -3.04. The summed E-state index contributed by atoms with van der Waals surface area (Å²) in [5.41, 5.74) is 1.67. The number of piperidine rings is 1. The molecule has 2 aliphatic heterocycles. The van der Waals surface area contributed by atoms with Gasteiger partial charge in [0.05, 0.1) is 23.6 Å². The van der Waals surface area contributed by atoms with Gasteiger partial charge < -0.3 is 14.3 Å². The van der Waals surface area contributed by atoms with Gasteiger partial charge in [-0.15, -0.1) is 10.2 Å². The molecule has 1 amide bonds. The Kier molecular flexibility index (Phi) is 5.96. The van der Waals surface area contributed by atoms with Crippen LogP contribution in [0.1, 0.15) is 32.1 Å². The monoisotopic (exact) mass is 471 g/mol. The molecule has 1 unspecified atom stereocenters. The second-order valence-corrected chi connectivity index (χ2v) is 11.5. The standard InChI is InChI=1S/C23H29N5O4S/c1-16-6-9-27(10-7-16)14-22-25-26-23(32-22)19-12-28(20-5-3-2-4-18(19)20)13-21(29)24-17-8-11-33(30,31)15-17/h2-5,12,16-17H,6-11,13-15H2,1H3,(H,24,29). The molecular weight excluding hydrogens is 442 g/mol. The van der Waals surface area contributed by atoms with Crippen LogP contribution in [0.2, 0.25) is 0 Å². The number of hydrogen-bond acceptors (Lipinski definition) is 7. The highest BCUT2D eigenvalue weighted by Gasteiger charge is 2.29. The summed E-state index contributed by atoms with van der Waals surface area (Å²) in [6.45, 7) is 5.09. The first-order chi connectivity index (χ1) is 15.9. The number of nitrogens with zero attached hydrogens (tertiary/aromatic N) is 4. The third-order valence-corrected chi connectivity index (χ3v) is 8.40. The second kappa shape index (κ2) is 8.90. The average Bonchev–Trinajstić information content (AvgIpc) is 3.47. The third-order valence-electron chi connectivity index (χ3n) is 6.63. The van der Waals surface area contributed by atoms with Crippen molar-refractivity contribution in [3.05, 3.63) is 36.4 Å². The topological polar surface area (TPSA) is 110 Å². The molecule has 33 heavy (non-hydrogen) atoms. The summed E-state index contributed by atoms with van der Waals surface area (Å²) in [6, 6.07) is 7.45. The van der Waals surface area contributed by atoms with Crippen LogP contribution < -0.4 is 5.32 Å². The van der Waals surface area contributed by atoms with Gasteiger partial charge in [-0.3, -0.25) is 9.69 Å². The minimum Gasteiger partial charge on any atom is -0.419 e. The van der Waals surface area contributed by atoms with Gasteiger partial charge in [0.2, 0.25) is 17.7 Å². The number of benzene rings is 1. The maximum atomic E-state index is 12.6. The first-order valence-corrected chi connectivity index (χ1v) is 13.3. The molecule has 1 atom stereocenters. The maximum Gasteiger partial charge on any atom is 0.249 e. The fourth-order valence-corrected chi connectivity index (χ4v) is 6.40. The Labute approximate surface area is 193 Å². The van der Waals surface area contributed by atoms with Crippen LogP contribution in [0.3, 0.4) is 0 Å². The number of fused-ring (bicyclic) bond motifs is 1. The summed E-state index contributed by atoms with van der Waals surface area (Å²) < 4.78 is 31.2. The lowest BCUT2D eigenvalue weighted by Crippen LogP contribution is -2.37. The van der Waals surface area contributed by atoms with Crippen LogP contribution in [-0.2, 0) is 27.7 Å². The first-order valence-electron chi connectivity index (χ1n) is 11.5. The molecule has 2 aliphatic rings. The molecule has 3 aromatic rings. The molecule has 2 aromatic heterocycles. The summed E-state index contributed by atoms with van der Waals surface area (Å²) in [7, 11) is -3.04. The van der Waals surface area contributed by atoms with Crippen LogP contribution in [-0.4, -0.2) is 64.6 Å². The van der Waals surface area contributed by atoms with Crippen LogP contribution >= 0.6 is 0 Å². The summed E-state index contributed by atoms with van der Waals surface area (Å²) >= 11 is 0. The van der Waals surface area contributed by atoms with E-state index in [4.69, 9.17) is 4.42 Å². The van der Waals surface area contributed by atoms with Gasteiger partial charge in [0.1, 0.15) is 6.54 Å². The van der Waals surface area contributed by atoms with Crippen molar-refractivity contribution in [1.82, 2.24) is 25.0 Å². The van der Waals surface area contributed by atoms with Crippen LogP contribution in [0.25, 0.3) is 22.4 Å². The maximum absolute atomic E-state index is 12.6. The van der Waals surface area contributed by atoms with E-state index in [1.54, 1.807) is 0 Å². The van der Waals surface area contributed by atoms with Crippen molar-refractivity contribution in [1.29, 1.82) is 0 Å². The Morgan fingerprint density at radius 3 is 2.73 bits per heavy atom. The Morgan fingerprint density at radius 1 is 1.18 bits per heavy atom. The number of carbonyl (C=O) groups is 1. The highest BCUT2D eigenvalue weighted by molar-refractivity contribution is 7.91. The summed E-state index contributed by atoms with van der Waals surface area (Å²) in [6.07, 6.45) is 4.69. The van der Waals surface area contributed by atoms with E-state index in [1.807, 2.05) is 35.0 Å². The first kappa shape index (κ1) is 22.1. The molecule has 0 saturated carbocycles. The van der Waals surface area contributed by atoms with Crippen molar-refractivity contribution in [3.8, 4) is 11.5 Å². The number of aromatic nitrogens is 3. The van der Waals surface area contributed by atoms with Crippen LogP contribution in [0.4, 0.5) is 0 Å². The number of para-hydroxylation sites is 1. The number of carbonyl (C=O) groups excluding carboxylic acids is 1. The van der Waals surface area contributed by atoms with Crippen molar-refractivity contribution in [2.45, 2.75) is 45.3 Å². The molecule has 10 heteroatoms. The molecule has 9 nitrogen and oxygen atoms in total. The number of nitrogens with one attached hydrogen (secondary N) is 1. The lowest BCUT2D eigenvalue weighted by Gasteiger charge is -2.28.